The van der Waals surface area contributed by atoms with Crippen LogP contribution in [0.4, 0.5) is 0 Å². The molecule has 0 heterocycles. The molecule has 1 aromatic rings. The second-order valence-electron chi connectivity index (χ2n) is 4.36. The molecule has 1 amide bonds. The third kappa shape index (κ3) is 4.36. The summed E-state index contributed by atoms with van der Waals surface area (Å²) in [6.45, 7) is 1.59. The summed E-state index contributed by atoms with van der Waals surface area (Å²) in [6, 6.07) is 7.43. The van der Waals surface area contributed by atoms with Gasteiger partial charge in [0.1, 0.15) is 0 Å². The van der Waals surface area contributed by atoms with Gasteiger partial charge < -0.3 is 9.80 Å². The van der Waals surface area contributed by atoms with Crippen LogP contribution in [0.25, 0.3) is 0 Å². The van der Waals surface area contributed by atoms with Crippen molar-refractivity contribution in [2.45, 2.75) is 5.88 Å². The predicted molar refractivity (Wildman–Crippen MR) is 71.5 cm³/mol. The second-order valence-corrected chi connectivity index (χ2v) is 4.63. The van der Waals surface area contributed by atoms with Crippen LogP contribution in [0.5, 0.6) is 0 Å². The highest BCUT2D eigenvalue weighted by Crippen LogP contribution is 2.08. The SMILES string of the molecule is CN(C)CCN(C)C(=O)c1ccc(CCl)cc1. The van der Waals surface area contributed by atoms with Crippen LogP contribution in [-0.4, -0.2) is 49.9 Å². The Kier molecular flexibility index (Phi) is 5.45. The first-order valence-corrected chi connectivity index (χ1v) is 6.13. The van der Waals surface area contributed by atoms with Crippen molar-refractivity contribution in [3.05, 3.63) is 35.4 Å². The first-order valence-electron chi connectivity index (χ1n) is 5.59. The van der Waals surface area contributed by atoms with Gasteiger partial charge in [0.05, 0.1) is 0 Å². The fraction of sp³-hybridized carbons (Fsp3) is 0.462. The van der Waals surface area contributed by atoms with Gasteiger partial charge in [-0.25, -0.2) is 0 Å². The Bertz CT molecular complexity index is 362. The summed E-state index contributed by atoms with van der Waals surface area (Å²) < 4.78 is 0. The monoisotopic (exact) mass is 254 g/mol. The fourth-order valence-electron chi connectivity index (χ4n) is 1.41. The van der Waals surface area contributed by atoms with Gasteiger partial charge in [-0.3, -0.25) is 4.79 Å². The summed E-state index contributed by atoms with van der Waals surface area (Å²) >= 11 is 5.71. The molecule has 0 aliphatic rings. The molecule has 1 aromatic carbocycles. The van der Waals surface area contributed by atoms with Crippen LogP contribution in [0.1, 0.15) is 15.9 Å². The highest BCUT2D eigenvalue weighted by Gasteiger charge is 2.11. The highest BCUT2D eigenvalue weighted by molar-refractivity contribution is 6.17. The molecule has 0 atom stereocenters. The molecule has 0 radical (unpaired) electrons. The van der Waals surface area contributed by atoms with Crippen LogP contribution >= 0.6 is 11.6 Å². The molecule has 17 heavy (non-hydrogen) atoms. The first-order chi connectivity index (χ1) is 8.04. The van der Waals surface area contributed by atoms with Gasteiger partial charge >= 0.3 is 0 Å². The van der Waals surface area contributed by atoms with Gasteiger partial charge in [0.25, 0.3) is 5.91 Å². The number of nitrogens with zero attached hydrogens (tertiary/aromatic N) is 2. The van der Waals surface area contributed by atoms with E-state index in [1.54, 1.807) is 4.90 Å². The van der Waals surface area contributed by atoms with E-state index < -0.39 is 0 Å². The Morgan fingerprint density at radius 1 is 1.12 bits per heavy atom. The summed E-state index contributed by atoms with van der Waals surface area (Å²) in [6.07, 6.45) is 0. The summed E-state index contributed by atoms with van der Waals surface area (Å²) in [5, 5.41) is 0. The number of carbonyl (C=O) groups is 1. The highest BCUT2D eigenvalue weighted by atomic mass is 35.5. The Labute approximate surface area is 108 Å². The molecule has 0 aliphatic carbocycles. The number of hydrogen-bond acceptors (Lipinski definition) is 2. The normalized spacial score (nSPS) is 10.6. The van der Waals surface area contributed by atoms with E-state index >= 15 is 0 Å². The van der Waals surface area contributed by atoms with E-state index in [0.29, 0.717) is 11.4 Å². The molecule has 0 fully saturated rings. The minimum absolute atomic E-state index is 0.0490. The molecule has 0 N–H and O–H groups in total. The van der Waals surface area contributed by atoms with E-state index in [-0.39, 0.29) is 5.91 Å². The van der Waals surface area contributed by atoms with E-state index in [1.807, 2.05) is 45.4 Å². The van der Waals surface area contributed by atoms with Crippen molar-refractivity contribution in [1.29, 1.82) is 0 Å². The number of halogens is 1. The third-order valence-electron chi connectivity index (χ3n) is 2.58. The van der Waals surface area contributed by atoms with Gasteiger partial charge in [-0.15, -0.1) is 11.6 Å². The Morgan fingerprint density at radius 2 is 1.71 bits per heavy atom. The molecule has 1 rings (SSSR count). The number of hydrogen-bond donors (Lipinski definition) is 0. The molecule has 0 aromatic heterocycles. The number of rotatable bonds is 5. The smallest absolute Gasteiger partial charge is 0.253 e. The number of likely N-dealkylation sites (N-methyl/N-ethyl adjacent to an activating group) is 2. The molecule has 0 saturated heterocycles. The predicted octanol–water partition coefficient (Wildman–Crippen LogP) is 2.06. The van der Waals surface area contributed by atoms with E-state index in [1.165, 1.54) is 0 Å². The van der Waals surface area contributed by atoms with Gasteiger partial charge in [0.2, 0.25) is 0 Å². The lowest BCUT2D eigenvalue weighted by atomic mass is 10.1. The average molecular weight is 255 g/mol. The van der Waals surface area contributed by atoms with E-state index in [2.05, 4.69) is 4.90 Å². The van der Waals surface area contributed by atoms with Gasteiger partial charge in [-0.1, -0.05) is 12.1 Å². The zero-order valence-electron chi connectivity index (χ0n) is 10.6. The number of alkyl halides is 1. The molecule has 0 bridgehead atoms. The maximum Gasteiger partial charge on any atom is 0.253 e. The molecule has 4 heteroatoms. The van der Waals surface area contributed by atoms with Crippen LogP contribution in [0.3, 0.4) is 0 Å². The van der Waals surface area contributed by atoms with Crippen LogP contribution in [0.15, 0.2) is 24.3 Å². The lowest BCUT2D eigenvalue weighted by molar-refractivity contribution is 0.0786. The average Bonchev–Trinajstić information content (AvgIpc) is 2.35. The Balaban J connectivity index is 2.61. The first kappa shape index (κ1) is 14.0. The van der Waals surface area contributed by atoms with Gasteiger partial charge in [-0.05, 0) is 31.8 Å². The standard InChI is InChI=1S/C13H19ClN2O/c1-15(2)8-9-16(3)13(17)12-6-4-11(10-14)5-7-12/h4-7H,8-10H2,1-3H3. The summed E-state index contributed by atoms with van der Waals surface area (Å²) in [5.41, 5.74) is 1.74. The second kappa shape index (κ2) is 6.62. The fourth-order valence-corrected chi connectivity index (χ4v) is 1.59. The number of carbonyl (C=O) groups excluding carboxylic acids is 1. The largest absolute Gasteiger partial charge is 0.340 e. The van der Waals surface area contributed by atoms with Gasteiger partial charge in [-0.2, -0.15) is 0 Å². The molecule has 0 unspecified atom stereocenters. The quantitative estimate of drug-likeness (QED) is 0.751. The van der Waals surface area contributed by atoms with Crippen LogP contribution in [0, 0.1) is 0 Å². The molecule has 94 valence electrons. The minimum Gasteiger partial charge on any atom is -0.340 e. The Morgan fingerprint density at radius 3 is 2.18 bits per heavy atom. The van der Waals surface area contributed by atoms with Crippen molar-refractivity contribution in [1.82, 2.24) is 9.80 Å². The summed E-state index contributed by atoms with van der Waals surface area (Å²) in [5.74, 6) is 0.526. The zero-order valence-corrected chi connectivity index (χ0v) is 11.4. The Hall–Kier alpha value is -1.06. The zero-order chi connectivity index (χ0) is 12.8. The number of benzene rings is 1. The van der Waals surface area contributed by atoms with Gasteiger partial charge in [0.15, 0.2) is 0 Å². The van der Waals surface area contributed by atoms with Crippen molar-refractivity contribution in [3.63, 3.8) is 0 Å². The molecular weight excluding hydrogens is 236 g/mol. The van der Waals surface area contributed by atoms with Crippen LogP contribution in [-0.2, 0) is 5.88 Å². The van der Waals surface area contributed by atoms with Crippen molar-refractivity contribution in [2.24, 2.45) is 0 Å². The topological polar surface area (TPSA) is 23.6 Å². The van der Waals surface area contributed by atoms with Crippen molar-refractivity contribution in [2.75, 3.05) is 34.2 Å². The summed E-state index contributed by atoms with van der Waals surface area (Å²) in [7, 11) is 5.81. The lowest BCUT2D eigenvalue weighted by Crippen LogP contribution is -2.33. The minimum atomic E-state index is 0.0490. The molecular formula is C13H19ClN2O. The van der Waals surface area contributed by atoms with Crippen LogP contribution < -0.4 is 0 Å². The molecule has 0 aliphatic heterocycles. The third-order valence-corrected chi connectivity index (χ3v) is 2.89. The maximum absolute atomic E-state index is 12.0. The van der Waals surface area contributed by atoms with E-state index in [4.69, 9.17) is 11.6 Å². The van der Waals surface area contributed by atoms with Crippen molar-refractivity contribution in [3.8, 4) is 0 Å². The van der Waals surface area contributed by atoms with E-state index in [0.717, 1.165) is 18.7 Å². The summed E-state index contributed by atoms with van der Waals surface area (Å²) in [4.78, 5) is 15.8. The van der Waals surface area contributed by atoms with Crippen LogP contribution in [0.2, 0.25) is 0 Å². The van der Waals surface area contributed by atoms with Crippen molar-refractivity contribution < 1.29 is 4.79 Å². The van der Waals surface area contributed by atoms with Gasteiger partial charge in [0, 0.05) is 31.6 Å². The lowest BCUT2D eigenvalue weighted by Gasteiger charge is -2.19. The van der Waals surface area contributed by atoms with E-state index in [9.17, 15) is 4.79 Å². The number of amides is 1. The molecule has 3 nitrogen and oxygen atoms in total. The molecule has 0 spiro atoms. The maximum atomic E-state index is 12.0. The van der Waals surface area contributed by atoms with Crippen molar-refractivity contribution >= 4 is 17.5 Å². The molecule has 0 saturated carbocycles.